The van der Waals surface area contributed by atoms with E-state index in [0.29, 0.717) is 0 Å². The second-order valence-corrected chi connectivity index (χ2v) is 13.7. The molecular weight excluding hydrogens is 653 g/mol. The molecule has 0 radical (unpaired) electrons. The molecule has 0 fully saturated rings. The third kappa shape index (κ3) is 5.44. The number of fused-ring (bicyclic) bond motifs is 4. The first kappa shape index (κ1) is 31.6. The van der Waals surface area contributed by atoms with Gasteiger partial charge in [-0.3, -0.25) is 0 Å². The molecule has 10 aromatic rings. The van der Waals surface area contributed by atoms with Crippen molar-refractivity contribution in [2.75, 3.05) is 4.90 Å². The SMILES string of the molecule is c1ccc(-c2ccccc2-c2ccccc2-n2c3ccccc3c3ccc(N(c4ccc5ccccc5c4)c4ccccc4-c4ccccc4)cc32)cc1. The maximum atomic E-state index is 2.47. The number of nitrogens with zero attached hydrogens (tertiary/aromatic N) is 2. The van der Waals surface area contributed by atoms with Crippen LogP contribution in [-0.2, 0) is 0 Å². The lowest BCUT2D eigenvalue weighted by Gasteiger charge is -2.28. The van der Waals surface area contributed by atoms with Crippen LogP contribution in [0.15, 0.2) is 218 Å². The Morgan fingerprint density at radius 1 is 0.315 bits per heavy atom. The molecule has 10 rings (SSSR count). The molecule has 0 spiro atoms. The number of benzene rings is 9. The predicted octanol–water partition coefficient (Wildman–Crippen LogP) is 14.4. The fourth-order valence-corrected chi connectivity index (χ4v) is 8.11. The molecule has 0 N–H and O–H groups in total. The largest absolute Gasteiger partial charge is 0.310 e. The van der Waals surface area contributed by atoms with Crippen molar-refractivity contribution in [3.05, 3.63) is 218 Å². The summed E-state index contributed by atoms with van der Waals surface area (Å²) in [5.74, 6) is 0. The highest BCUT2D eigenvalue weighted by molar-refractivity contribution is 6.11. The van der Waals surface area contributed by atoms with Crippen LogP contribution < -0.4 is 4.90 Å². The van der Waals surface area contributed by atoms with Crippen molar-refractivity contribution in [1.82, 2.24) is 4.57 Å². The topological polar surface area (TPSA) is 8.17 Å². The molecule has 0 saturated heterocycles. The zero-order chi connectivity index (χ0) is 35.8. The molecule has 0 unspecified atom stereocenters. The summed E-state index contributed by atoms with van der Waals surface area (Å²) in [6.07, 6.45) is 0. The average Bonchev–Trinajstić information content (AvgIpc) is 3.58. The average molecular weight is 689 g/mol. The Kier molecular flexibility index (Phi) is 7.85. The van der Waals surface area contributed by atoms with Crippen LogP contribution in [0.4, 0.5) is 17.1 Å². The van der Waals surface area contributed by atoms with E-state index in [-0.39, 0.29) is 0 Å². The molecular formula is C52H36N2. The van der Waals surface area contributed by atoms with E-state index in [1.54, 1.807) is 0 Å². The van der Waals surface area contributed by atoms with Crippen LogP contribution in [0.25, 0.3) is 71.6 Å². The predicted molar refractivity (Wildman–Crippen MR) is 229 cm³/mol. The van der Waals surface area contributed by atoms with E-state index in [9.17, 15) is 0 Å². The molecule has 0 amide bonds. The highest BCUT2D eigenvalue weighted by atomic mass is 15.1. The summed E-state index contributed by atoms with van der Waals surface area (Å²) in [7, 11) is 0. The van der Waals surface area contributed by atoms with Gasteiger partial charge in [0.1, 0.15) is 0 Å². The van der Waals surface area contributed by atoms with Gasteiger partial charge in [-0.2, -0.15) is 0 Å². The Labute approximate surface area is 315 Å². The molecule has 2 nitrogen and oxygen atoms in total. The lowest BCUT2D eigenvalue weighted by Crippen LogP contribution is -2.11. The van der Waals surface area contributed by atoms with Crippen molar-refractivity contribution in [3.63, 3.8) is 0 Å². The zero-order valence-corrected chi connectivity index (χ0v) is 29.7. The maximum absolute atomic E-state index is 2.47. The quantitative estimate of drug-likeness (QED) is 0.162. The van der Waals surface area contributed by atoms with Gasteiger partial charge in [-0.25, -0.2) is 0 Å². The molecule has 0 aliphatic rings. The van der Waals surface area contributed by atoms with Gasteiger partial charge in [0, 0.05) is 33.3 Å². The smallest absolute Gasteiger partial charge is 0.0562 e. The highest BCUT2D eigenvalue weighted by Crippen LogP contribution is 2.45. The number of hydrogen-bond donors (Lipinski definition) is 0. The second-order valence-electron chi connectivity index (χ2n) is 13.7. The Hall–Kier alpha value is -7.16. The summed E-state index contributed by atoms with van der Waals surface area (Å²) < 4.78 is 2.47. The molecule has 254 valence electrons. The van der Waals surface area contributed by atoms with Gasteiger partial charge in [-0.15, -0.1) is 0 Å². The van der Waals surface area contributed by atoms with Gasteiger partial charge in [0.2, 0.25) is 0 Å². The Morgan fingerprint density at radius 2 is 0.852 bits per heavy atom. The van der Waals surface area contributed by atoms with E-state index >= 15 is 0 Å². The number of hydrogen-bond acceptors (Lipinski definition) is 1. The highest BCUT2D eigenvalue weighted by Gasteiger charge is 2.21. The molecule has 54 heavy (non-hydrogen) atoms. The minimum Gasteiger partial charge on any atom is -0.310 e. The van der Waals surface area contributed by atoms with Crippen LogP contribution >= 0.6 is 0 Å². The van der Waals surface area contributed by atoms with Gasteiger partial charge < -0.3 is 9.47 Å². The lowest BCUT2D eigenvalue weighted by atomic mass is 9.93. The number of rotatable bonds is 7. The summed E-state index contributed by atoms with van der Waals surface area (Å²) in [4.78, 5) is 2.42. The summed E-state index contributed by atoms with van der Waals surface area (Å²) in [6.45, 7) is 0. The van der Waals surface area contributed by atoms with E-state index in [4.69, 9.17) is 0 Å². The van der Waals surface area contributed by atoms with Gasteiger partial charge in [-0.1, -0.05) is 176 Å². The molecule has 0 atom stereocenters. The van der Waals surface area contributed by atoms with Gasteiger partial charge in [0.15, 0.2) is 0 Å². The van der Waals surface area contributed by atoms with E-state index in [1.807, 2.05) is 0 Å². The van der Waals surface area contributed by atoms with Crippen molar-refractivity contribution in [2.45, 2.75) is 0 Å². The van der Waals surface area contributed by atoms with Gasteiger partial charge in [0.25, 0.3) is 0 Å². The summed E-state index contributed by atoms with van der Waals surface area (Å²) in [5.41, 5.74) is 14.0. The lowest BCUT2D eigenvalue weighted by molar-refractivity contribution is 1.18. The Balaban J connectivity index is 1.24. The van der Waals surface area contributed by atoms with E-state index < -0.39 is 0 Å². The van der Waals surface area contributed by atoms with Crippen LogP contribution in [0, 0.1) is 0 Å². The normalized spacial score (nSPS) is 11.3. The third-order valence-corrected chi connectivity index (χ3v) is 10.6. The Morgan fingerprint density at radius 3 is 1.65 bits per heavy atom. The van der Waals surface area contributed by atoms with E-state index in [0.717, 1.165) is 28.3 Å². The fourth-order valence-electron chi connectivity index (χ4n) is 8.11. The fraction of sp³-hybridized carbons (Fsp3) is 0. The van der Waals surface area contributed by atoms with Crippen molar-refractivity contribution in [3.8, 4) is 39.1 Å². The van der Waals surface area contributed by atoms with Gasteiger partial charge >= 0.3 is 0 Å². The van der Waals surface area contributed by atoms with Crippen LogP contribution in [0.1, 0.15) is 0 Å². The van der Waals surface area contributed by atoms with Crippen LogP contribution in [-0.4, -0.2) is 4.57 Å². The minimum atomic E-state index is 1.09. The summed E-state index contributed by atoms with van der Waals surface area (Å²) in [6, 6.07) is 78.9. The molecule has 1 heterocycles. The molecule has 0 aliphatic carbocycles. The molecule has 0 bridgehead atoms. The number of aromatic nitrogens is 1. The molecule has 1 aromatic heterocycles. The third-order valence-electron chi connectivity index (χ3n) is 10.6. The second kappa shape index (κ2) is 13.4. The Bertz CT molecular complexity index is 2940. The standard InChI is InChI=1S/C52H36N2/c1-3-18-38(19-4-1)43-23-9-10-25-45(43)46-26-12-15-29-50(46)54-51-30-16-13-27-47(51)48-34-33-42(36-52(48)54)53(41-32-31-37-17-7-8-22-40(37)35-41)49-28-14-11-24-44(49)39-20-5-2-6-21-39/h1-36H. The van der Waals surface area contributed by atoms with Crippen molar-refractivity contribution in [2.24, 2.45) is 0 Å². The van der Waals surface area contributed by atoms with Crippen molar-refractivity contribution >= 4 is 49.6 Å². The molecule has 9 aromatic carbocycles. The maximum Gasteiger partial charge on any atom is 0.0562 e. The zero-order valence-electron chi connectivity index (χ0n) is 29.7. The van der Waals surface area contributed by atoms with E-state index in [2.05, 4.69) is 228 Å². The van der Waals surface area contributed by atoms with Crippen LogP contribution in [0.3, 0.4) is 0 Å². The van der Waals surface area contributed by atoms with Gasteiger partial charge in [0.05, 0.1) is 22.4 Å². The number of para-hydroxylation sites is 3. The summed E-state index contributed by atoms with van der Waals surface area (Å²) >= 11 is 0. The summed E-state index contributed by atoms with van der Waals surface area (Å²) in [5, 5.41) is 4.88. The molecule has 0 saturated carbocycles. The van der Waals surface area contributed by atoms with Crippen molar-refractivity contribution in [1.29, 1.82) is 0 Å². The van der Waals surface area contributed by atoms with Crippen molar-refractivity contribution < 1.29 is 0 Å². The number of anilines is 3. The monoisotopic (exact) mass is 688 g/mol. The first-order chi connectivity index (χ1) is 26.8. The first-order valence-corrected chi connectivity index (χ1v) is 18.5. The minimum absolute atomic E-state index is 1.09. The van der Waals surface area contributed by atoms with Gasteiger partial charge in [-0.05, 0) is 75.5 Å². The molecule has 2 heteroatoms. The van der Waals surface area contributed by atoms with Crippen LogP contribution in [0.5, 0.6) is 0 Å². The first-order valence-electron chi connectivity index (χ1n) is 18.5. The van der Waals surface area contributed by atoms with Crippen LogP contribution in [0.2, 0.25) is 0 Å². The van der Waals surface area contributed by atoms with E-state index in [1.165, 1.54) is 60.4 Å². The molecule has 0 aliphatic heterocycles.